The number of ether oxygens (including phenoxy) is 2. The lowest BCUT2D eigenvalue weighted by Crippen LogP contribution is -2.43. The van der Waals surface area contributed by atoms with Gasteiger partial charge in [-0.3, -0.25) is 14.9 Å². The van der Waals surface area contributed by atoms with Crippen molar-refractivity contribution in [3.05, 3.63) is 57.6 Å². The molecule has 0 radical (unpaired) electrons. The number of hydrogen-bond donors (Lipinski definition) is 1. The molecule has 2 aliphatic heterocycles. The Hall–Kier alpha value is -3.29. The molecule has 0 spiro atoms. The highest BCUT2D eigenvalue weighted by atomic mass is 16.7. The Morgan fingerprint density at radius 3 is 2.67 bits per heavy atom. The Labute approximate surface area is 173 Å². The first-order chi connectivity index (χ1) is 14.6. The monoisotopic (exact) mass is 409 g/mol. The molecular weight excluding hydrogens is 386 g/mol. The minimum absolute atomic E-state index is 0.0153. The van der Waals surface area contributed by atoms with Gasteiger partial charge in [-0.2, -0.15) is 0 Å². The predicted octanol–water partition coefficient (Wildman–Crippen LogP) is 3.49. The number of hydrogen-bond acceptors (Lipinski definition) is 6. The van der Waals surface area contributed by atoms with Gasteiger partial charge < -0.3 is 19.7 Å². The summed E-state index contributed by atoms with van der Waals surface area (Å²) in [5.74, 6) is 0.560. The molecular formula is C22H23N3O5. The Kier molecular flexibility index (Phi) is 4.69. The molecule has 156 valence electrons. The zero-order chi connectivity index (χ0) is 20.7. The maximum absolute atomic E-state index is 13.5. The molecule has 0 aromatic heterocycles. The van der Waals surface area contributed by atoms with Crippen molar-refractivity contribution in [1.29, 1.82) is 0 Å². The van der Waals surface area contributed by atoms with E-state index in [0.717, 1.165) is 43.4 Å². The first-order valence-electron chi connectivity index (χ1n) is 10.3. The summed E-state index contributed by atoms with van der Waals surface area (Å²) in [5.41, 5.74) is 2.28. The van der Waals surface area contributed by atoms with Crippen LogP contribution in [0.1, 0.15) is 42.9 Å². The molecule has 1 N–H and O–H groups in total. The molecule has 2 heterocycles. The summed E-state index contributed by atoms with van der Waals surface area (Å²) >= 11 is 0. The summed E-state index contributed by atoms with van der Waals surface area (Å²) in [6.07, 6.45) is 4.86. The Morgan fingerprint density at radius 2 is 1.90 bits per heavy atom. The lowest BCUT2D eigenvalue weighted by atomic mass is 10.00. The van der Waals surface area contributed by atoms with Gasteiger partial charge in [0, 0.05) is 18.3 Å². The van der Waals surface area contributed by atoms with Crippen molar-refractivity contribution in [1.82, 2.24) is 5.32 Å². The molecule has 1 amide bonds. The first-order valence-corrected chi connectivity index (χ1v) is 10.3. The van der Waals surface area contributed by atoms with Crippen LogP contribution in [0.4, 0.5) is 11.4 Å². The molecule has 0 bridgehead atoms. The summed E-state index contributed by atoms with van der Waals surface area (Å²) in [6, 6.07) is 10.2. The molecule has 3 aliphatic rings. The number of fused-ring (bicyclic) bond motifs is 2. The molecule has 0 unspecified atom stereocenters. The van der Waals surface area contributed by atoms with Gasteiger partial charge in [-0.05, 0) is 37.0 Å². The Balaban J connectivity index is 1.60. The van der Waals surface area contributed by atoms with Gasteiger partial charge in [-0.15, -0.1) is 0 Å². The second-order valence-electron chi connectivity index (χ2n) is 7.99. The third-order valence-corrected chi connectivity index (χ3v) is 6.20. The minimum atomic E-state index is -0.816. The second-order valence-corrected chi connectivity index (χ2v) is 7.99. The number of nitrogens with one attached hydrogen (secondary N) is 1. The third-order valence-electron chi connectivity index (χ3n) is 6.20. The van der Waals surface area contributed by atoms with Gasteiger partial charge >= 0.3 is 0 Å². The highest BCUT2D eigenvalue weighted by Crippen LogP contribution is 2.44. The number of carbonyl (C=O) groups is 1. The van der Waals surface area contributed by atoms with Crippen molar-refractivity contribution < 1.29 is 19.2 Å². The number of para-hydroxylation sites is 1. The van der Waals surface area contributed by atoms with Crippen LogP contribution in [-0.4, -0.2) is 30.2 Å². The van der Waals surface area contributed by atoms with Crippen LogP contribution in [0.25, 0.3) is 0 Å². The number of carbonyl (C=O) groups excluding carboxylic acids is 1. The van der Waals surface area contributed by atoms with Gasteiger partial charge in [-0.1, -0.05) is 31.0 Å². The zero-order valence-electron chi connectivity index (χ0n) is 16.5. The first kappa shape index (κ1) is 18.7. The van der Waals surface area contributed by atoms with Crippen molar-refractivity contribution in [2.24, 2.45) is 0 Å². The lowest BCUT2D eigenvalue weighted by molar-refractivity contribution is -0.385. The highest BCUT2D eigenvalue weighted by Gasteiger charge is 2.39. The smallest absolute Gasteiger partial charge is 0.279 e. The normalized spacial score (nSPS) is 18.3. The number of nitro groups is 1. The fourth-order valence-corrected chi connectivity index (χ4v) is 4.76. The van der Waals surface area contributed by atoms with Crippen molar-refractivity contribution in [2.45, 2.75) is 44.2 Å². The zero-order valence-corrected chi connectivity index (χ0v) is 16.5. The summed E-state index contributed by atoms with van der Waals surface area (Å²) in [6.45, 7) is 0.634. The van der Waals surface area contributed by atoms with Gasteiger partial charge in [0.2, 0.25) is 12.7 Å². The quantitative estimate of drug-likeness (QED) is 0.600. The van der Waals surface area contributed by atoms with E-state index in [4.69, 9.17) is 9.47 Å². The van der Waals surface area contributed by atoms with Crippen LogP contribution in [0.2, 0.25) is 0 Å². The lowest BCUT2D eigenvalue weighted by Gasteiger charge is -2.30. The van der Waals surface area contributed by atoms with Crippen molar-refractivity contribution >= 4 is 17.3 Å². The molecule has 2 aromatic carbocycles. The molecule has 0 saturated heterocycles. The minimum Gasteiger partial charge on any atom is -0.454 e. The maximum Gasteiger partial charge on any atom is 0.279 e. The number of amides is 1. The van der Waals surface area contributed by atoms with Gasteiger partial charge in [0.1, 0.15) is 6.04 Å². The average Bonchev–Trinajstić information content (AvgIpc) is 3.48. The van der Waals surface area contributed by atoms with Crippen molar-refractivity contribution in [2.75, 3.05) is 18.2 Å². The van der Waals surface area contributed by atoms with Gasteiger partial charge in [0.15, 0.2) is 11.5 Å². The van der Waals surface area contributed by atoms with E-state index in [-0.39, 0.29) is 24.4 Å². The molecule has 1 fully saturated rings. The summed E-state index contributed by atoms with van der Waals surface area (Å²) in [4.78, 5) is 27.0. The molecule has 1 aliphatic carbocycles. The van der Waals surface area contributed by atoms with E-state index in [2.05, 4.69) is 5.32 Å². The summed E-state index contributed by atoms with van der Waals surface area (Å²) < 4.78 is 10.8. The molecule has 8 nitrogen and oxygen atoms in total. The summed E-state index contributed by atoms with van der Waals surface area (Å²) in [5, 5.41) is 15.1. The van der Waals surface area contributed by atoms with E-state index < -0.39 is 11.0 Å². The molecule has 8 heteroatoms. The van der Waals surface area contributed by atoms with Crippen molar-refractivity contribution in [3.8, 4) is 11.5 Å². The number of benzene rings is 2. The van der Waals surface area contributed by atoms with Crippen LogP contribution in [0, 0.1) is 10.1 Å². The Morgan fingerprint density at radius 1 is 1.17 bits per heavy atom. The van der Waals surface area contributed by atoms with E-state index in [0.29, 0.717) is 23.6 Å². The van der Waals surface area contributed by atoms with Crippen LogP contribution >= 0.6 is 0 Å². The maximum atomic E-state index is 13.5. The molecule has 2 aromatic rings. The van der Waals surface area contributed by atoms with E-state index >= 15 is 0 Å². The molecule has 30 heavy (non-hydrogen) atoms. The largest absolute Gasteiger partial charge is 0.454 e. The molecule has 1 saturated carbocycles. The predicted molar refractivity (Wildman–Crippen MR) is 110 cm³/mol. The standard InChI is InChI=1S/C22H23N3O5/c26-22(23-15-6-2-3-7-15)21(24-10-9-14-5-1-4-8-17(14)24)16-11-19-20(30-13-29-19)12-18(16)25(27)28/h1,4-5,8,11-12,15,21H,2-3,6-7,9-10,13H2,(H,23,26)/t21-/m0/s1. The fourth-order valence-electron chi connectivity index (χ4n) is 4.76. The SMILES string of the molecule is O=C(NC1CCCC1)[C@H](c1cc2c(cc1[N+](=O)[O-])OCO2)N1CCc2ccccc21. The van der Waals surface area contributed by atoms with Gasteiger partial charge in [-0.25, -0.2) is 0 Å². The van der Waals surface area contributed by atoms with Crippen LogP contribution in [0.5, 0.6) is 11.5 Å². The van der Waals surface area contributed by atoms with Gasteiger partial charge in [0.05, 0.1) is 16.6 Å². The van der Waals surface area contributed by atoms with Crippen molar-refractivity contribution in [3.63, 3.8) is 0 Å². The van der Waals surface area contributed by atoms with E-state index in [9.17, 15) is 14.9 Å². The number of rotatable bonds is 5. The van der Waals surface area contributed by atoms with E-state index in [1.807, 2.05) is 29.2 Å². The van der Waals surface area contributed by atoms with Crippen LogP contribution < -0.4 is 19.7 Å². The average molecular weight is 409 g/mol. The van der Waals surface area contributed by atoms with E-state index in [1.54, 1.807) is 6.07 Å². The number of nitro benzene ring substituents is 1. The second kappa shape index (κ2) is 7.51. The van der Waals surface area contributed by atoms with Gasteiger partial charge in [0.25, 0.3) is 5.69 Å². The van der Waals surface area contributed by atoms with Crippen LogP contribution in [0.3, 0.4) is 0 Å². The van der Waals surface area contributed by atoms with Crippen LogP contribution in [0.15, 0.2) is 36.4 Å². The van der Waals surface area contributed by atoms with E-state index in [1.165, 1.54) is 6.07 Å². The Bertz CT molecular complexity index is 1000. The number of anilines is 1. The third kappa shape index (κ3) is 3.22. The molecule has 5 rings (SSSR count). The van der Waals surface area contributed by atoms with Crippen LogP contribution in [-0.2, 0) is 11.2 Å². The topological polar surface area (TPSA) is 93.9 Å². The number of nitrogens with zero attached hydrogens (tertiary/aromatic N) is 2. The highest BCUT2D eigenvalue weighted by molar-refractivity contribution is 5.89. The molecule has 1 atom stereocenters. The fraction of sp³-hybridized carbons (Fsp3) is 0.409. The summed E-state index contributed by atoms with van der Waals surface area (Å²) in [7, 11) is 0.